The van der Waals surface area contributed by atoms with Crippen LogP contribution in [0.1, 0.15) is 38.6 Å². The van der Waals surface area contributed by atoms with Crippen molar-refractivity contribution in [2.75, 3.05) is 23.3 Å². The molecule has 11 heteroatoms. The predicted molar refractivity (Wildman–Crippen MR) is 141 cm³/mol. The van der Waals surface area contributed by atoms with Gasteiger partial charge in [0, 0.05) is 38.7 Å². The highest BCUT2D eigenvalue weighted by Gasteiger charge is 2.25. The van der Waals surface area contributed by atoms with Crippen LogP contribution >= 0.6 is 0 Å². The van der Waals surface area contributed by atoms with Gasteiger partial charge in [0.25, 0.3) is 5.56 Å². The van der Waals surface area contributed by atoms with Gasteiger partial charge in [0.05, 0.1) is 28.5 Å². The topological polar surface area (TPSA) is 120 Å². The highest BCUT2D eigenvalue weighted by atomic mass is 19.1. The Balaban J connectivity index is 1.48. The number of hydrogen-bond acceptors (Lipinski definition) is 7. The molecule has 0 saturated carbocycles. The second-order valence-corrected chi connectivity index (χ2v) is 9.79. The number of nitrogens with one attached hydrogen (secondary N) is 3. The second kappa shape index (κ2) is 8.99. The fraction of sp³-hybridized carbons (Fsp3) is 0.346. The molecule has 4 aromatic heterocycles. The minimum absolute atomic E-state index is 0.248. The molecule has 10 nitrogen and oxygen atoms in total. The number of rotatable bonds is 5. The first kappa shape index (κ1) is 23.1. The fourth-order valence-electron chi connectivity index (χ4n) is 5.01. The lowest BCUT2D eigenvalue weighted by Crippen LogP contribution is -2.33. The molecule has 37 heavy (non-hydrogen) atoms. The summed E-state index contributed by atoms with van der Waals surface area (Å²) < 4.78 is 17.4. The number of aromatic nitrogens is 7. The summed E-state index contributed by atoms with van der Waals surface area (Å²) in [6, 6.07) is 4.99. The number of aromatic amines is 2. The average molecular weight is 502 g/mol. The van der Waals surface area contributed by atoms with Crippen molar-refractivity contribution < 1.29 is 4.39 Å². The van der Waals surface area contributed by atoms with Crippen LogP contribution in [0.2, 0.25) is 0 Å². The number of aryl methyl sites for hydroxylation is 1. The third kappa shape index (κ3) is 4.09. The van der Waals surface area contributed by atoms with Gasteiger partial charge < -0.3 is 20.2 Å². The van der Waals surface area contributed by atoms with Gasteiger partial charge in [0.15, 0.2) is 5.82 Å². The zero-order valence-corrected chi connectivity index (χ0v) is 20.9. The third-order valence-electron chi connectivity index (χ3n) is 7.06. The number of pyridine rings is 1. The summed E-state index contributed by atoms with van der Waals surface area (Å²) in [4.78, 5) is 34.7. The van der Waals surface area contributed by atoms with E-state index < -0.39 is 0 Å². The molecule has 1 fully saturated rings. The van der Waals surface area contributed by atoms with E-state index in [-0.39, 0.29) is 34.3 Å². The summed E-state index contributed by atoms with van der Waals surface area (Å²) in [7, 11) is 1.78. The van der Waals surface area contributed by atoms with E-state index in [0.29, 0.717) is 39.7 Å². The molecule has 5 heterocycles. The Hall–Kier alpha value is -4.28. The molecule has 1 aliphatic rings. The van der Waals surface area contributed by atoms with E-state index in [1.165, 1.54) is 0 Å². The van der Waals surface area contributed by atoms with E-state index >= 15 is 4.39 Å². The highest BCUT2D eigenvalue weighted by molar-refractivity contribution is 5.97. The number of nitrogens with zero attached hydrogens (tertiary/aromatic N) is 6. The monoisotopic (exact) mass is 501 g/mol. The molecule has 3 N–H and O–H groups in total. The molecule has 1 atom stereocenters. The standard InChI is InChI=1S/C26H28FN9O/c1-14-7-11-36(12-8-14)18-6-5-16-21(20(18)27)33-25(31-16)19-23(30-15(2)24-28-9-4-10-29-24)22-17(32-26(19)37)13-35(3)34-22/h4-6,9-10,13-15,30H,7-8,11-12H2,1-3H3,(H,31,33)(H,32,37)/t15-/m0/s1. The van der Waals surface area contributed by atoms with Gasteiger partial charge >= 0.3 is 0 Å². The molecule has 0 spiro atoms. The second-order valence-electron chi connectivity index (χ2n) is 9.79. The van der Waals surface area contributed by atoms with Gasteiger partial charge in [-0.3, -0.25) is 9.48 Å². The van der Waals surface area contributed by atoms with Crippen molar-refractivity contribution >= 4 is 33.4 Å². The molecule has 1 saturated heterocycles. The lowest BCUT2D eigenvalue weighted by molar-refractivity contribution is 0.435. The fourth-order valence-corrected chi connectivity index (χ4v) is 5.01. The molecular formula is C26H28FN9O. The number of H-pyrrole nitrogens is 2. The number of fused-ring (bicyclic) bond motifs is 2. The van der Waals surface area contributed by atoms with Crippen LogP contribution in [0.25, 0.3) is 33.5 Å². The van der Waals surface area contributed by atoms with Crippen molar-refractivity contribution in [3.63, 3.8) is 0 Å². The quantitative estimate of drug-likeness (QED) is 0.331. The highest BCUT2D eigenvalue weighted by Crippen LogP contribution is 2.34. The summed E-state index contributed by atoms with van der Waals surface area (Å²) in [5.74, 6) is 1.11. The van der Waals surface area contributed by atoms with Gasteiger partial charge in [0.2, 0.25) is 0 Å². The number of imidazole rings is 1. The van der Waals surface area contributed by atoms with Crippen molar-refractivity contribution in [2.24, 2.45) is 13.0 Å². The van der Waals surface area contributed by atoms with Crippen LogP contribution in [0.5, 0.6) is 0 Å². The van der Waals surface area contributed by atoms with E-state index in [2.05, 4.69) is 47.2 Å². The summed E-state index contributed by atoms with van der Waals surface area (Å²) >= 11 is 0. The van der Waals surface area contributed by atoms with Gasteiger partial charge in [-0.15, -0.1) is 0 Å². The molecule has 0 radical (unpaired) electrons. The van der Waals surface area contributed by atoms with E-state index in [1.807, 2.05) is 6.92 Å². The van der Waals surface area contributed by atoms with Crippen molar-refractivity contribution in [3.05, 3.63) is 58.8 Å². The van der Waals surface area contributed by atoms with E-state index in [1.54, 1.807) is 48.5 Å². The summed E-state index contributed by atoms with van der Waals surface area (Å²) in [6.45, 7) is 5.76. The maximum atomic E-state index is 15.7. The molecule has 0 aliphatic carbocycles. The molecule has 0 bridgehead atoms. The Morgan fingerprint density at radius 2 is 1.92 bits per heavy atom. The normalized spacial score (nSPS) is 15.5. The first-order chi connectivity index (χ1) is 17.9. The van der Waals surface area contributed by atoms with Crippen LogP contribution < -0.4 is 15.8 Å². The van der Waals surface area contributed by atoms with Crippen LogP contribution in [0, 0.1) is 11.7 Å². The summed E-state index contributed by atoms with van der Waals surface area (Å²) in [5, 5.41) is 7.93. The Labute approximate surface area is 212 Å². The SMILES string of the molecule is CC1CCN(c2ccc3nc(-c4c(N[C@@H](C)c5ncccn5)c5nn(C)cc5[nH]c4=O)[nH]c3c2F)CC1. The lowest BCUT2D eigenvalue weighted by Gasteiger charge is -2.32. The van der Waals surface area contributed by atoms with Gasteiger partial charge in [-0.25, -0.2) is 19.3 Å². The molecule has 0 unspecified atom stereocenters. The van der Waals surface area contributed by atoms with Crippen molar-refractivity contribution in [3.8, 4) is 11.4 Å². The van der Waals surface area contributed by atoms with Crippen LogP contribution in [0.4, 0.5) is 15.8 Å². The van der Waals surface area contributed by atoms with E-state index in [4.69, 9.17) is 0 Å². The largest absolute Gasteiger partial charge is 0.373 e. The zero-order chi connectivity index (χ0) is 25.7. The van der Waals surface area contributed by atoms with E-state index in [9.17, 15) is 4.79 Å². The minimum atomic E-state index is -0.367. The van der Waals surface area contributed by atoms with Crippen LogP contribution in [-0.4, -0.2) is 47.8 Å². The number of piperidine rings is 1. The van der Waals surface area contributed by atoms with Crippen LogP contribution in [-0.2, 0) is 7.05 Å². The molecule has 6 rings (SSSR count). The molecule has 190 valence electrons. The average Bonchev–Trinajstić information content (AvgIpc) is 3.49. The predicted octanol–water partition coefficient (Wildman–Crippen LogP) is 4.14. The van der Waals surface area contributed by atoms with Crippen molar-refractivity contribution in [1.82, 2.24) is 34.7 Å². The Morgan fingerprint density at radius 1 is 1.16 bits per heavy atom. The van der Waals surface area contributed by atoms with Gasteiger partial charge in [-0.2, -0.15) is 5.10 Å². The number of anilines is 2. The zero-order valence-electron chi connectivity index (χ0n) is 20.9. The molecule has 0 amide bonds. The molecule has 1 aromatic carbocycles. The Morgan fingerprint density at radius 3 is 2.68 bits per heavy atom. The van der Waals surface area contributed by atoms with E-state index in [0.717, 1.165) is 25.9 Å². The third-order valence-corrected chi connectivity index (χ3v) is 7.06. The van der Waals surface area contributed by atoms with Crippen molar-refractivity contribution in [2.45, 2.75) is 32.7 Å². The van der Waals surface area contributed by atoms with Gasteiger partial charge in [-0.05, 0) is 43.9 Å². The van der Waals surface area contributed by atoms with Gasteiger partial charge in [-0.1, -0.05) is 6.92 Å². The maximum absolute atomic E-state index is 15.7. The first-order valence-electron chi connectivity index (χ1n) is 12.5. The number of hydrogen-bond donors (Lipinski definition) is 3. The lowest BCUT2D eigenvalue weighted by atomic mass is 9.99. The van der Waals surface area contributed by atoms with Crippen LogP contribution in [0.15, 0.2) is 41.6 Å². The summed E-state index contributed by atoms with van der Waals surface area (Å²) in [5.41, 5.74) is 2.77. The van der Waals surface area contributed by atoms with Crippen LogP contribution in [0.3, 0.4) is 0 Å². The first-order valence-corrected chi connectivity index (χ1v) is 12.5. The Bertz CT molecular complexity index is 1650. The Kier molecular flexibility index (Phi) is 5.62. The molecule has 1 aliphatic heterocycles. The molecule has 5 aromatic rings. The number of halogens is 1. The smallest absolute Gasteiger partial charge is 0.261 e. The number of benzene rings is 1. The molecular weight excluding hydrogens is 473 g/mol. The minimum Gasteiger partial charge on any atom is -0.373 e. The van der Waals surface area contributed by atoms with Gasteiger partial charge in [0.1, 0.15) is 28.2 Å². The summed E-state index contributed by atoms with van der Waals surface area (Å²) in [6.07, 6.45) is 7.13. The maximum Gasteiger partial charge on any atom is 0.261 e. The van der Waals surface area contributed by atoms with Crippen molar-refractivity contribution in [1.29, 1.82) is 0 Å².